The third-order valence-corrected chi connectivity index (χ3v) is 5.65. The lowest BCUT2D eigenvalue weighted by atomic mass is 10.1. The maximum Gasteiger partial charge on any atom is 0.141 e. The summed E-state index contributed by atoms with van der Waals surface area (Å²) in [5.74, 6) is 1.04. The Morgan fingerprint density at radius 3 is 2.70 bits per heavy atom. The summed E-state index contributed by atoms with van der Waals surface area (Å²) in [6, 6.07) is 7.98. The summed E-state index contributed by atoms with van der Waals surface area (Å²) in [6.45, 7) is 4.32. The van der Waals surface area contributed by atoms with Crippen LogP contribution in [-0.4, -0.2) is 43.2 Å². The van der Waals surface area contributed by atoms with Gasteiger partial charge in [0.05, 0.1) is 38.6 Å². The van der Waals surface area contributed by atoms with E-state index in [1.807, 2.05) is 18.2 Å². The predicted octanol–water partition coefficient (Wildman–Crippen LogP) is 2.35. The Morgan fingerprint density at radius 2 is 1.91 bits per heavy atom. The largest absolute Gasteiger partial charge is 0.345 e. The molecule has 2 aromatic heterocycles. The zero-order valence-corrected chi connectivity index (χ0v) is 14.5. The standard InChI is InChI=1S/C17H17ClN4S/c1-21-6-8-22(9-7-21)16-15-13(10-23-17(15)20-11-19-16)12-4-2-3-5-14(12)18/h2-5,10-11H,6-9H2,1H3/p+1. The van der Waals surface area contributed by atoms with Crippen molar-refractivity contribution in [1.29, 1.82) is 0 Å². The fourth-order valence-electron chi connectivity index (χ4n) is 3.08. The monoisotopic (exact) mass is 345 g/mol. The number of nitrogens with one attached hydrogen (secondary N) is 1. The Morgan fingerprint density at radius 1 is 1.13 bits per heavy atom. The van der Waals surface area contributed by atoms with Crippen molar-refractivity contribution in [1.82, 2.24) is 9.97 Å². The molecule has 6 heteroatoms. The molecule has 4 nitrogen and oxygen atoms in total. The summed E-state index contributed by atoms with van der Waals surface area (Å²) < 4.78 is 0. The number of thiophene rings is 1. The topological polar surface area (TPSA) is 33.5 Å². The molecule has 0 radical (unpaired) electrons. The summed E-state index contributed by atoms with van der Waals surface area (Å²) >= 11 is 8.07. The molecular weight excluding hydrogens is 328 g/mol. The first-order chi connectivity index (χ1) is 11.2. The molecule has 0 atom stereocenters. The van der Waals surface area contributed by atoms with Crippen molar-refractivity contribution in [3.63, 3.8) is 0 Å². The summed E-state index contributed by atoms with van der Waals surface area (Å²) in [5, 5.41) is 4.04. The van der Waals surface area contributed by atoms with Crippen LogP contribution in [0.5, 0.6) is 0 Å². The van der Waals surface area contributed by atoms with Crippen LogP contribution in [-0.2, 0) is 0 Å². The van der Waals surface area contributed by atoms with Gasteiger partial charge in [0, 0.05) is 21.5 Å². The smallest absolute Gasteiger partial charge is 0.141 e. The minimum atomic E-state index is 0.768. The van der Waals surface area contributed by atoms with Gasteiger partial charge in [-0.2, -0.15) is 0 Å². The van der Waals surface area contributed by atoms with E-state index in [4.69, 9.17) is 11.6 Å². The van der Waals surface area contributed by atoms with Gasteiger partial charge in [-0.15, -0.1) is 11.3 Å². The Balaban J connectivity index is 1.86. The second-order valence-electron chi connectivity index (χ2n) is 5.95. The molecule has 23 heavy (non-hydrogen) atoms. The summed E-state index contributed by atoms with van der Waals surface area (Å²) in [7, 11) is 2.24. The van der Waals surface area contributed by atoms with Crippen molar-refractivity contribution in [2.45, 2.75) is 0 Å². The van der Waals surface area contributed by atoms with Crippen LogP contribution in [0.4, 0.5) is 5.82 Å². The lowest BCUT2D eigenvalue weighted by Gasteiger charge is -2.31. The molecule has 0 unspecified atom stereocenters. The molecule has 1 fully saturated rings. The van der Waals surface area contributed by atoms with Crippen LogP contribution in [0.2, 0.25) is 5.02 Å². The number of aromatic nitrogens is 2. The zero-order chi connectivity index (χ0) is 15.8. The third-order valence-electron chi connectivity index (χ3n) is 4.43. The number of quaternary nitrogens is 1. The van der Waals surface area contributed by atoms with Crippen molar-refractivity contribution in [2.24, 2.45) is 0 Å². The average molecular weight is 346 g/mol. The van der Waals surface area contributed by atoms with Gasteiger partial charge < -0.3 is 9.80 Å². The highest BCUT2D eigenvalue weighted by Crippen LogP contribution is 2.40. The van der Waals surface area contributed by atoms with E-state index in [0.717, 1.165) is 58.4 Å². The highest BCUT2D eigenvalue weighted by molar-refractivity contribution is 7.17. The highest BCUT2D eigenvalue weighted by Gasteiger charge is 2.23. The van der Waals surface area contributed by atoms with Gasteiger partial charge in [0.1, 0.15) is 17.0 Å². The molecule has 0 amide bonds. The molecule has 0 saturated carbocycles. The molecule has 4 rings (SSSR count). The van der Waals surface area contributed by atoms with Crippen LogP contribution in [0.1, 0.15) is 0 Å². The number of nitrogens with zero attached hydrogens (tertiary/aromatic N) is 3. The number of anilines is 1. The fraction of sp³-hybridized carbons (Fsp3) is 0.294. The Hall–Kier alpha value is -1.69. The molecule has 0 spiro atoms. The van der Waals surface area contributed by atoms with Gasteiger partial charge in [-0.3, -0.25) is 0 Å². The Bertz CT molecular complexity index is 839. The van der Waals surface area contributed by atoms with Gasteiger partial charge in [-0.25, -0.2) is 9.97 Å². The van der Waals surface area contributed by atoms with Crippen LogP contribution < -0.4 is 9.80 Å². The number of fused-ring (bicyclic) bond motifs is 1. The van der Waals surface area contributed by atoms with Gasteiger partial charge >= 0.3 is 0 Å². The maximum atomic E-state index is 6.42. The van der Waals surface area contributed by atoms with Crippen LogP contribution in [0.25, 0.3) is 21.3 Å². The van der Waals surface area contributed by atoms with E-state index in [2.05, 4.69) is 33.4 Å². The molecule has 3 aromatic rings. The lowest BCUT2D eigenvalue weighted by Crippen LogP contribution is -3.12. The van der Waals surface area contributed by atoms with Crippen molar-refractivity contribution >= 4 is 39.0 Å². The first-order valence-electron chi connectivity index (χ1n) is 7.77. The molecule has 0 bridgehead atoms. The maximum absolute atomic E-state index is 6.42. The van der Waals surface area contributed by atoms with Gasteiger partial charge in [0.25, 0.3) is 0 Å². The fourth-order valence-corrected chi connectivity index (χ4v) is 4.22. The van der Waals surface area contributed by atoms with E-state index >= 15 is 0 Å². The number of halogens is 1. The van der Waals surface area contributed by atoms with E-state index in [1.165, 1.54) is 0 Å². The normalized spacial score (nSPS) is 16.2. The van der Waals surface area contributed by atoms with Crippen LogP contribution in [0.15, 0.2) is 36.0 Å². The van der Waals surface area contributed by atoms with Crippen LogP contribution >= 0.6 is 22.9 Å². The van der Waals surface area contributed by atoms with Crippen molar-refractivity contribution < 1.29 is 4.90 Å². The van der Waals surface area contributed by atoms with E-state index in [1.54, 1.807) is 22.6 Å². The van der Waals surface area contributed by atoms with Gasteiger partial charge in [-0.1, -0.05) is 29.8 Å². The van der Waals surface area contributed by atoms with Gasteiger partial charge in [0.15, 0.2) is 0 Å². The summed E-state index contributed by atoms with van der Waals surface area (Å²) in [6.07, 6.45) is 1.68. The molecule has 1 N–H and O–H groups in total. The minimum absolute atomic E-state index is 0.768. The Labute approximate surface area is 144 Å². The number of rotatable bonds is 2. The molecule has 3 heterocycles. The van der Waals surface area contributed by atoms with E-state index in [9.17, 15) is 0 Å². The van der Waals surface area contributed by atoms with Gasteiger partial charge in [0.2, 0.25) is 0 Å². The van der Waals surface area contributed by atoms with Crippen molar-refractivity contribution in [3.8, 4) is 11.1 Å². The second-order valence-corrected chi connectivity index (χ2v) is 7.22. The molecule has 1 aliphatic heterocycles. The van der Waals surface area contributed by atoms with E-state index in [0.29, 0.717) is 0 Å². The molecular formula is C17H18ClN4S+. The number of hydrogen-bond donors (Lipinski definition) is 1. The highest BCUT2D eigenvalue weighted by atomic mass is 35.5. The minimum Gasteiger partial charge on any atom is -0.345 e. The molecule has 1 aliphatic rings. The second kappa shape index (κ2) is 6.07. The van der Waals surface area contributed by atoms with E-state index < -0.39 is 0 Å². The van der Waals surface area contributed by atoms with Crippen LogP contribution in [0, 0.1) is 0 Å². The summed E-state index contributed by atoms with van der Waals surface area (Å²) in [4.78, 5) is 14.0. The van der Waals surface area contributed by atoms with Crippen LogP contribution in [0.3, 0.4) is 0 Å². The SMILES string of the molecule is C[NH+]1CCN(c2ncnc3scc(-c4ccccc4Cl)c23)CC1. The third kappa shape index (κ3) is 2.69. The number of likely N-dealkylation sites (N-methyl/N-ethyl adjacent to an activating group) is 1. The lowest BCUT2D eigenvalue weighted by molar-refractivity contribution is -0.880. The molecule has 1 saturated heterocycles. The number of hydrogen-bond acceptors (Lipinski definition) is 4. The van der Waals surface area contributed by atoms with Crippen molar-refractivity contribution in [2.75, 3.05) is 38.1 Å². The molecule has 1 aromatic carbocycles. The first kappa shape index (κ1) is 14.9. The number of benzene rings is 1. The van der Waals surface area contributed by atoms with Gasteiger partial charge in [-0.05, 0) is 6.07 Å². The predicted molar refractivity (Wildman–Crippen MR) is 96.7 cm³/mol. The quantitative estimate of drug-likeness (QED) is 0.774. The Kier molecular flexibility index (Phi) is 3.93. The van der Waals surface area contributed by atoms with E-state index in [-0.39, 0.29) is 0 Å². The summed E-state index contributed by atoms with van der Waals surface area (Å²) in [5.41, 5.74) is 2.19. The first-order valence-corrected chi connectivity index (χ1v) is 9.03. The number of piperazine rings is 1. The molecule has 0 aliphatic carbocycles. The van der Waals surface area contributed by atoms with Crippen molar-refractivity contribution in [3.05, 3.63) is 41.0 Å². The zero-order valence-electron chi connectivity index (χ0n) is 12.9. The average Bonchev–Trinajstić information content (AvgIpc) is 3.00. The molecule has 118 valence electrons.